The third-order valence-corrected chi connectivity index (χ3v) is 6.78. The Morgan fingerprint density at radius 2 is 1.77 bits per heavy atom. The number of carbonyl (C=O) groups is 2. The Kier molecular flexibility index (Phi) is 5.46. The molecule has 0 aromatic heterocycles. The fourth-order valence-corrected chi connectivity index (χ4v) is 5.01. The van der Waals surface area contributed by atoms with Gasteiger partial charge in [0.2, 0.25) is 5.91 Å². The van der Waals surface area contributed by atoms with Gasteiger partial charge in [0.25, 0.3) is 0 Å². The van der Waals surface area contributed by atoms with Crippen LogP contribution in [0, 0.1) is 11.2 Å². The molecule has 2 aromatic rings. The summed E-state index contributed by atoms with van der Waals surface area (Å²) >= 11 is 18.6. The summed E-state index contributed by atoms with van der Waals surface area (Å²) < 4.78 is 13.7. The average Bonchev–Trinajstić information content (AvgIpc) is 2.65. The van der Waals surface area contributed by atoms with Crippen molar-refractivity contribution >= 4 is 52.2 Å². The Bertz CT molecular complexity index is 1110. The molecule has 4 rings (SSSR count). The molecular weight excluding hydrogens is 448 g/mol. The van der Waals surface area contributed by atoms with E-state index in [0.29, 0.717) is 45.4 Å². The van der Waals surface area contributed by atoms with Gasteiger partial charge in [-0.15, -0.1) is 0 Å². The quantitative estimate of drug-likeness (QED) is 0.480. The predicted molar refractivity (Wildman–Crippen MR) is 118 cm³/mol. The summed E-state index contributed by atoms with van der Waals surface area (Å²) in [6, 6.07) is 9.37. The van der Waals surface area contributed by atoms with Crippen LogP contribution in [0.1, 0.15) is 44.6 Å². The molecule has 0 N–H and O–H groups in total. The molecule has 2 aliphatic rings. The fraction of sp³-hybridized carbons (Fsp3) is 0.304. The third kappa shape index (κ3) is 3.66. The summed E-state index contributed by atoms with van der Waals surface area (Å²) in [6.45, 7) is 3.98. The standard InChI is InChI=1S/C23H19Cl3FNO2/c1-23(2)10-18-21(19(29)11-23)14(13-4-3-5-15(24)22(13)26)9-20(30)28(18)12-6-7-17(27)16(25)8-12/h3-8,14H,9-11H2,1-2H3. The summed E-state index contributed by atoms with van der Waals surface area (Å²) in [7, 11) is 0. The number of carbonyl (C=O) groups excluding carboxylic acids is 2. The van der Waals surface area contributed by atoms with Crippen LogP contribution in [0.15, 0.2) is 47.7 Å². The Labute approximate surface area is 189 Å². The number of amides is 1. The summed E-state index contributed by atoms with van der Waals surface area (Å²) in [5.74, 6) is -1.27. The molecule has 0 bridgehead atoms. The van der Waals surface area contributed by atoms with Crippen molar-refractivity contribution in [2.45, 2.75) is 39.0 Å². The number of benzene rings is 2. The number of anilines is 1. The maximum absolute atomic E-state index is 13.7. The van der Waals surface area contributed by atoms with Crippen molar-refractivity contribution in [3.05, 3.63) is 74.1 Å². The van der Waals surface area contributed by atoms with E-state index < -0.39 is 11.7 Å². The zero-order valence-corrected chi connectivity index (χ0v) is 18.7. The third-order valence-electron chi connectivity index (χ3n) is 5.66. The number of hydrogen-bond acceptors (Lipinski definition) is 2. The summed E-state index contributed by atoms with van der Waals surface area (Å²) in [6.07, 6.45) is 0.941. The Balaban J connectivity index is 1.93. The minimum atomic E-state index is -0.567. The maximum atomic E-state index is 13.7. The molecule has 0 spiro atoms. The van der Waals surface area contributed by atoms with E-state index in [1.165, 1.54) is 23.1 Å². The van der Waals surface area contributed by atoms with Crippen LogP contribution in [-0.2, 0) is 9.59 Å². The monoisotopic (exact) mass is 465 g/mol. The average molecular weight is 467 g/mol. The van der Waals surface area contributed by atoms with Crippen LogP contribution in [-0.4, -0.2) is 11.7 Å². The molecule has 0 fully saturated rings. The molecular formula is C23H19Cl3FNO2. The van der Waals surface area contributed by atoms with E-state index in [2.05, 4.69) is 0 Å². The van der Waals surface area contributed by atoms with Gasteiger partial charge in [-0.3, -0.25) is 14.5 Å². The van der Waals surface area contributed by atoms with Gasteiger partial charge in [-0.2, -0.15) is 0 Å². The van der Waals surface area contributed by atoms with E-state index in [9.17, 15) is 14.0 Å². The van der Waals surface area contributed by atoms with Gasteiger partial charge in [0.15, 0.2) is 5.78 Å². The molecule has 0 saturated carbocycles. The zero-order valence-electron chi connectivity index (χ0n) is 16.4. The lowest BCUT2D eigenvalue weighted by Crippen LogP contribution is -2.43. The normalized spacial score (nSPS) is 21.1. The van der Waals surface area contributed by atoms with Crippen molar-refractivity contribution in [3.8, 4) is 0 Å². The number of Topliss-reactive ketones (excluding diaryl/α,β-unsaturated/α-hetero) is 1. The summed E-state index contributed by atoms with van der Waals surface area (Å²) in [5, 5.41) is 0.642. The molecule has 7 heteroatoms. The lowest BCUT2D eigenvalue weighted by atomic mass is 9.69. The molecule has 1 amide bonds. The van der Waals surface area contributed by atoms with Crippen molar-refractivity contribution in [2.24, 2.45) is 5.41 Å². The number of ketones is 1. The first-order valence-electron chi connectivity index (χ1n) is 9.57. The van der Waals surface area contributed by atoms with Gasteiger partial charge in [-0.25, -0.2) is 4.39 Å². The highest BCUT2D eigenvalue weighted by molar-refractivity contribution is 6.42. The van der Waals surface area contributed by atoms with E-state index >= 15 is 0 Å². The predicted octanol–water partition coefficient (Wildman–Crippen LogP) is 6.95. The minimum Gasteiger partial charge on any atom is -0.294 e. The smallest absolute Gasteiger partial charge is 0.232 e. The van der Waals surface area contributed by atoms with Crippen molar-refractivity contribution in [2.75, 3.05) is 4.90 Å². The van der Waals surface area contributed by atoms with Gasteiger partial charge >= 0.3 is 0 Å². The molecule has 3 nitrogen and oxygen atoms in total. The van der Waals surface area contributed by atoms with Crippen LogP contribution >= 0.6 is 34.8 Å². The van der Waals surface area contributed by atoms with Gasteiger partial charge in [-0.1, -0.05) is 60.8 Å². The second-order valence-corrected chi connectivity index (χ2v) is 9.72. The van der Waals surface area contributed by atoms with Crippen molar-refractivity contribution in [3.63, 3.8) is 0 Å². The first kappa shape index (κ1) is 21.4. The fourth-order valence-electron chi connectivity index (χ4n) is 4.39. The Morgan fingerprint density at radius 1 is 1.03 bits per heavy atom. The molecule has 1 heterocycles. The van der Waals surface area contributed by atoms with E-state index in [-0.39, 0.29) is 28.5 Å². The van der Waals surface area contributed by atoms with Crippen LogP contribution in [0.3, 0.4) is 0 Å². The Morgan fingerprint density at radius 3 is 2.47 bits per heavy atom. The topological polar surface area (TPSA) is 37.4 Å². The van der Waals surface area contributed by atoms with Crippen molar-refractivity contribution < 1.29 is 14.0 Å². The number of nitrogens with zero attached hydrogens (tertiary/aromatic N) is 1. The summed E-state index contributed by atoms with van der Waals surface area (Å²) in [5.41, 5.74) is 1.97. The van der Waals surface area contributed by atoms with Gasteiger partial charge < -0.3 is 0 Å². The first-order chi connectivity index (χ1) is 14.1. The molecule has 30 heavy (non-hydrogen) atoms. The van der Waals surface area contributed by atoms with Crippen LogP contribution in [0.2, 0.25) is 15.1 Å². The SMILES string of the molecule is CC1(C)CC(=O)C2=C(C1)N(c1ccc(F)c(Cl)c1)C(=O)CC2c1cccc(Cl)c1Cl. The number of halogens is 4. The second-order valence-electron chi connectivity index (χ2n) is 8.53. The number of rotatable bonds is 2. The molecule has 0 saturated heterocycles. The highest BCUT2D eigenvalue weighted by atomic mass is 35.5. The van der Waals surface area contributed by atoms with Gasteiger partial charge in [0, 0.05) is 30.0 Å². The van der Waals surface area contributed by atoms with Crippen LogP contribution < -0.4 is 4.90 Å². The van der Waals surface area contributed by atoms with E-state index in [4.69, 9.17) is 34.8 Å². The van der Waals surface area contributed by atoms with Gasteiger partial charge in [-0.05, 0) is 41.7 Å². The molecule has 0 radical (unpaired) electrons. The zero-order chi connectivity index (χ0) is 21.8. The van der Waals surface area contributed by atoms with Gasteiger partial charge in [0.1, 0.15) is 5.82 Å². The summed E-state index contributed by atoms with van der Waals surface area (Å²) in [4.78, 5) is 28.1. The second kappa shape index (κ2) is 7.67. The van der Waals surface area contributed by atoms with E-state index in [1.54, 1.807) is 18.2 Å². The van der Waals surface area contributed by atoms with Crippen LogP contribution in [0.25, 0.3) is 0 Å². The molecule has 1 aliphatic heterocycles. The number of hydrogen-bond donors (Lipinski definition) is 0. The van der Waals surface area contributed by atoms with Crippen molar-refractivity contribution in [1.29, 1.82) is 0 Å². The minimum absolute atomic E-state index is 0.0204. The highest BCUT2D eigenvalue weighted by Gasteiger charge is 2.45. The van der Waals surface area contributed by atoms with E-state index in [0.717, 1.165) is 0 Å². The lowest BCUT2D eigenvalue weighted by Gasteiger charge is -2.43. The Hall–Kier alpha value is -1.88. The van der Waals surface area contributed by atoms with E-state index in [1.807, 2.05) is 13.8 Å². The largest absolute Gasteiger partial charge is 0.294 e. The van der Waals surface area contributed by atoms with Gasteiger partial charge in [0.05, 0.1) is 20.8 Å². The maximum Gasteiger partial charge on any atom is 0.232 e. The molecule has 1 aliphatic carbocycles. The molecule has 156 valence electrons. The molecule has 1 atom stereocenters. The highest BCUT2D eigenvalue weighted by Crippen LogP contribution is 2.49. The van der Waals surface area contributed by atoms with Crippen molar-refractivity contribution in [1.82, 2.24) is 0 Å². The molecule has 1 unspecified atom stereocenters. The number of allylic oxidation sites excluding steroid dienone is 2. The van der Waals surface area contributed by atoms with Crippen LogP contribution in [0.5, 0.6) is 0 Å². The molecule has 2 aromatic carbocycles. The van der Waals surface area contributed by atoms with Crippen LogP contribution in [0.4, 0.5) is 10.1 Å². The first-order valence-corrected chi connectivity index (χ1v) is 10.7. The lowest BCUT2D eigenvalue weighted by molar-refractivity contribution is -0.121.